The van der Waals surface area contributed by atoms with Crippen LogP contribution >= 0.6 is 0 Å². The van der Waals surface area contributed by atoms with Gasteiger partial charge in [0.05, 0.1) is 7.11 Å². The molecule has 0 spiro atoms. The van der Waals surface area contributed by atoms with E-state index in [1.807, 2.05) is 0 Å². The number of halogens is 2. The number of nitrogens with zero attached hydrogens (tertiary/aromatic N) is 2. The van der Waals surface area contributed by atoms with E-state index in [2.05, 4.69) is 23.6 Å². The van der Waals surface area contributed by atoms with Gasteiger partial charge in [-0.2, -0.15) is 0 Å². The minimum absolute atomic E-state index is 0.298. The third-order valence-electron chi connectivity index (χ3n) is 4.73. The van der Waals surface area contributed by atoms with Crippen LogP contribution in [0.3, 0.4) is 0 Å². The summed E-state index contributed by atoms with van der Waals surface area (Å²) in [5, 5.41) is 0. The zero-order valence-corrected chi connectivity index (χ0v) is 12.8. The van der Waals surface area contributed by atoms with Crippen molar-refractivity contribution in [2.45, 2.75) is 44.9 Å². The van der Waals surface area contributed by atoms with E-state index in [1.54, 1.807) is 0 Å². The Balaban J connectivity index is 1.69. The predicted octanol–water partition coefficient (Wildman–Crippen LogP) is 2.64. The minimum Gasteiger partial charge on any atom is -0.491 e. The molecule has 0 amide bonds. The number of hydrogen-bond donors (Lipinski definition) is 0. The highest BCUT2D eigenvalue weighted by molar-refractivity contribution is 5.31. The third kappa shape index (κ3) is 2.64. The first-order chi connectivity index (χ1) is 9.99. The number of ether oxygens (including phenoxy) is 1. The molecule has 3 nitrogen and oxygen atoms in total. The summed E-state index contributed by atoms with van der Waals surface area (Å²) in [6.45, 7) is 7.14. The van der Waals surface area contributed by atoms with Gasteiger partial charge in [0.2, 0.25) is 0 Å². The van der Waals surface area contributed by atoms with Crippen LogP contribution in [0.25, 0.3) is 0 Å². The van der Waals surface area contributed by atoms with E-state index in [9.17, 15) is 8.78 Å². The van der Waals surface area contributed by atoms with Gasteiger partial charge >= 0.3 is 0 Å². The number of methoxy groups -OCH3 is 1. The van der Waals surface area contributed by atoms with Gasteiger partial charge in [-0.1, -0.05) is 0 Å². The van der Waals surface area contributed by atoms with Crippen molar-refractivity contribution >= 4 is 0 Å². The van der Waals surface area contributed by atoms with Gasteiger partial charge in [0.15, 0.2) is 17.4 Å². The van der Waals surface area contributed by atoms with Crippen molar-refractivity contribution in [3.8, 4) is 5.75 Å². The molecule has 21 heavy (non-hydrogen) atoms. The highest BCUT2D eigenvalue weighted by Crippen LogP contribution is 2.35. The first-order valence-corrected chi connectivity index (χ1v) is 7.51. The lowest BCUT2D eigenvalue weighted by atomic mass is 9.86. The topological polar surface area (TPSA) is 15.7 Å². The van der Waals surface area contributed by atoms with Gasteiger partial charge in [-0.05, 0) is 38.0 Å². The molecule has 2 saturated heterocycles. The van der Waals surface area contributed by atoms with Crippen LogP contribution in [0.15, 0.2) is 12.1 Å². The quantitative estimate of drug-likeness (QED) is 0.849. The molecule has 2 fully saturated rings. The second-order valence-corrected chi connectivity index (χ2v) is 6.36. The van der Waals surface area contributed by atoms with Crippen LogP contribution in [0.2, 0.25) is 0 Å². The summed E-state index contributed by atoms with van der Waals surface area (Å²) < 4.78 is 32.2. The number of benzene rings is 1. The molecule has 116 valence electrons. The highest BCUT2D eigenvalue weighted by Gasteiger charge is 2.44. The Morgan fingerprint density at radius 2 is 1.76 bits per heavy atom. The number of fused-ring (bicyclic) bond motifs is 2. The fourth-order valence-electron chi connectivity index (χ4n) is 3.51. The Labute approximate surface area is 124 Å². The van der Waals surface area contributed by atoms with E-state index in [1.165, 1.54) is 25.7 Å². The highest BCUT2D eigenvalue weighted by atomic mass is 19.1. The van der Waals surface area contributed by atoms with Gasteiger partial charge < -0.3 is 4.74 Å². The van der Waals surface area contributed by atoms with E-state index < -0.39 is 11.6 Å². The Hall–Kier alpha value is -1.20. The van der Waals surface area contributed by atoms with E-state index in [0.717, 1.165) is 13.1 Å². The maximum Gasteiger partial charge on any atom is 0.190 e. The first-order valence-electron chi connectivity index (χ1n) is 7.51. The SMILES string of the molecule is COc1c(F)cc(CN2C3CC2CN(C(C)C)C3)cc1F. The number of piperazine rings is 1. The lowest BCUT2D eigenvalue weighted by molar-refractivity contribution is -0.0835. The Kier molecular flexibility index (Phi) is 3.88. The second kappa shape index (κ2) is 5.54. The summed E-state index contributed by atoms with van der Waals surface area (Å²) in [5.74, 6) is -1.54. The average Bonchev–Trinajstić information content (AvgIpc) is 2.44. The van der Waals surface area contributed by atoms with Gasteiger partial charge in [-0.3, -0.25) is 9.80 Å². The number of likely N-dealkylation sites (tertiary alicyclic amines) is 2. The molecule has 0 aromatic heterocycles. The van der Waals surface area contributed by atoms with Crippen molar-refractivity contribution in [2.75, 3.05) is 20.2 Å². The van der Waals surface area contributed by atoms with Gasteiger partial charge in [-0.15, -0.1) is 0 Å². The third-order valence-corrected chi connectivity index (χ3v) is 4.73. The van der Waals surface area contributed by atoms with E-state index in [4.69, 9.17) is 4.74 Å². The van der Waals surface area contributed by atoms with E-state index in [-0.39, 0.29) is 5.75 Å². The monoisotopic (exact) mass is 296 g/mol. The van der Waals surface area contributed by atoms with Crippen molar-refractivity contribution in [1.82, 2.24) is 9.80 Å². The van der Waals surface area contributed by atoms with Crippen LogP contribution in [-0.2, 0) is 6.54 Å². The summed E-state index contributed by atoms with van der Waals surface area (Å²) in [7, 11) is 1.28. The number of piperidine rings is 1. The summed E-state index contributed by atoms with van der Waals surface area (Å²) in [6, 6.07) is 4.36. The molecule has 2 unspecified atom stereocenters. The molecule has 0 radical (unpaired) electrons. The molecule has 0 aliphatic carbocycles. The molecule has 2 aliphatic rings. The fourth-order valence-corrected chi connectivity index (χ4v) is 3.51. The van der Waals surface area contributed by atoms with Gasteiger partial charge in [0.25, 0.3) is 0 Å². The molecule has 1 aromatic carbocycles. The Bertz CT molecular complexity index is 500. The van der Waals surface area contributed by atoms with Crippen LogP contribution in [-0.4, -0.2) is 48.1 Å². The number of hydrogen-bond acceptors (Lipinski definition) is 3. The van der Waals surface area contributed by atoms with Crippen molar-refractivity contribution in [1.29, 1.82) is 0 Å². The van der Waals surface area contributed by atoms with Gasteiger partial charge in [-0.25, -0.2) is 8.78 Å². The summed E-state index contributed by atoms with van der Waals surface area (Å²) in [5.41, 5.74) is 0.679. The average molecular weight is 296 g/mol. The van der Waals surface area contributed by atoms with Crippen LogP contribution in [0.4, 0.5) is 8.78 Å². The fraction of sp³-hybridized carbons (Fsp3) is 0.625. The maximum absolute atomic E-state index is 13.7. The van der Waals surface area contributed by atoms with Crippen molar-refractivity contribution in [2.24, 2.45) is 0 Å². The van der Waals surface area contributed by atoms with Crippen molar-refractivity contribution in [3.05, 3.63) is 29.3 Å². The summed E-state index contributed by atoms with van der Waals surface area (Å²) in [6.07, 6.45) is 1.20. The van der Waals surface area contributed by atoms with Crippen molar-refractivity contribution in [3.63, 3.8) is 0 Å². The van der Waals surface area contributed by atoms with Crippen LogP contribution in [0.5, 0.6) is 5.75 Å². The van der Waals surface area contributed by atoms with Gasteiger partial charge in [0, 0.05) is 37.8 Å². The normalized spacial score (nSPS) is 26.0. The molecule has 2 aliphatic heterocycles. The number of rotatable bonds is 4. The zero-order valence-electron chi connectivity index (χ0n) is 12.8. The van der Waals surface area contributed by atoms with Crippen LogP contribution < -0.4 is 4.74 Å². The molecular weight excluding hydrogens is 274 g/mol. The summed E-state index contributed by atoms with van der Waals surface area (Å²) in [4.78, 5) is 4.84. The molecule has 5 heteroatoms. The van der Waals surface area contributed by atoms with Gasteiger partial charge in [0.1, 0.15) is 0 Å². The molecule has 2 atom stereocenters. The largest absolute Gasteiger partial charge is 0.491 e. The van der Waals surface area contributed by atoms with Crippen LogP contribution in [0.1, 0.15) is 25.8 Å². The maximum atomic E-state index is 13.7. The van der Waals surface area contributed by atoms with Crippen LogP contribution in [0, 0.1) is 11.6 Å². The molecule has 0 N–H and O–H groups in total. The van der Waals surface area contributed by atoms with E-state index >= 15 is 0 Å². The Morgan fingerprint density at radius 3 is 2.24 bits per heavy atom. The lowest BCUT2D eigenvalue weighted by Gasteiger charge is -2.57. The molecule has 1 aromatic rings. The van der Waals surface area contributed by atoms with E-state index in [0.29, 0.717) is 30.2 Å². The Morgan fingerprint density at radius 1 is 1.19 bits per heavy atom. The standard InChI is InChI=1S/C16H22F2N2O/c1-10(2)19-8-12-6-13(9-19)20(12)7-11-4-14(17)16(21-3)15(18)5-11/h4-5,10,12-13H,6-9H2,1-3H3. The molecule has 2 bridgehead atoms. The molecule has 2 heterocycles. The first kappa shape index (κ1) is 14.7. The predicted molar refractivity (Wildman–Crippen MR) is 77.4 cm³/mol. The molecule has 3 rings (SSSR count). The zero-order chi connectivity index (χ0) is 15.1. The second-order valence-electron chi connectivity index (χ2n) is 6.36. The minimum atomic E-state index is -0.623. The smallest absolute Gasteiger partial charge is 0.190 e. The molecule has 0 saturated carbocycles. The van der Waals surface area contributed by atoms with Crippen molar-refractivity contribution < 1.29 is 13.5 Å². The lowest BCUT2D eigenvalue weighted by Crippen LogP contribution is -2.68. The molecular formula is C16H22F2N2O. The summed E-state index contributed by atoms with van der Waals surface area (Å²) >= 11 is 0.